The maximum absolute atomic E-state index is 14.0. The Morgan fingerprint density at radius 1 is 0.640 bits per heavy atom. The number of fused-ring (bicyclic) bond motifs is 3. The summed E-state index contributed by atoms with van der Waals surface area (Å²) in [5.41, 5.74) is 5.54. The van der Waals surface area contributed by atoms with Crippen molar-refractivity contribution >= 4 is 18.0 Å². The van der Waals surface area contributed by atoms with Crippen molar-refractivity contribution in [1.82, 2.24) is 9.80 Å². The molecule has 0 radical (unpaired) electrons. The molecule has 0 aromatic heterocycles. The Kier molecular flexibility index (Phi) is 10.1. The van der Waals surface area contributed by atoms with Gasteiger partial charge in [-0.15, -0.1) is 0 Å². The zero-order valence-corrected chi connectivity index (χ0v) is 28.9. The summed E-state index contributed by atoms with van der Waals surface area (Å²) in [6.07, 6.45) is -0.605. The third kappa shape index (κ3) is 6.64. The molecule has 0 N–H and O–H groups in total. The molecule has 1 aliphatic rings. The van der Waals surface area contributed by atoms with Gasteiger partial charge in [-0.1, -0.05) is 153 Å². The molecule has 50 heavy (non-hydrogen) atoms. The number of carbonyl (C=O) groups excluding carboxylic acids is 3. The Labute approximate surface area is 294 Å². The van der Waals surface area contributed by atoms with Crippen molar-refractivity contribution in [3.63, 3.8) is 0 Å². The van der Waals surface area contributed by atoms with Crippen molar-refractivity contribution in [2.75, 3.05) is 27.2 Å². The largest absolute Gasteiger partial charge is 0.448 e. The normalized spacial score (nSPS) is 12.8. The molecule has 0 saturated carbocycles. The third-order valence-electron chi connectivity index (χ3n) is 9.48. The predicted molar refractivity (Wildman–Crippen MR) is 194 cm³/mol. The van der Waals surface area contributed by atoms with Gasteiger partial charge in [0, 0.05) is 36.7 Å². The lowest BCUT2D eigenvalue weighted by Gasteiger charge is -2.36. The second kappa shape index (κ2) is 14.8. The summed E-state index contributed by atoms with van der Waals surface area (Å²) < 4.78 is 12.4. The quantitative estimate of drug-likeness (QED) is 0.106. The first-order chi connectivity index (χ1) is 24.2. The van der Waals surface area contributed by atoms with Gasteiger partial charge >= 0.3 is 12.1 Å². The molecule has 7 nitrogen and oxygen atoms in total. The van der Waals surface area contributed by atoms with Crippen molar-refractivity contribution in [2.24, 2.45) is 5.92 Å². The van der Waals surface area contributed by atoms with E-state index < -0.39 is 29.6 Å². The van der Waals surface area contributed by atoms with Gasteiger partial charge in [-0.05, 0) is 28.2 Å². The molecule has 0 bridgehead atoms. The lowest BCUT2D eigenvalue weighted by atomic mass is 9.80. The van der Waals surface area contributed by atoms with Gasteiger partial charge in [0.05, 0.1) is 0 Å². The van der Waals surface area contributed by atoms with Crippen molar-refractivity contribution in [1.29, 1.82) is 0 Å². The summed E-state index contributed by atoms with van der Waals surface area (Å²) in [6, 6.07) is 44.2. The Hall–Kier alpha value is -5.69. The number of rotatable bonds is 11. The highest BCUT2D eigenvalue weighted by Crippen LogP contribution is 2.45. The van der Waals surface area contributed by atoms with Crippen LogP contribution in [0.2, 0.25) is 0 Å². The summed E-state index contributed by atoms with van der Waals surface area (Å²) in [5, 5.41) is 0. The van der Waals surface area contributed by atoms with Gasteiger partial charge < -0.3 is 14.4 Å². The minimum Gasteiger partial charge on any atom is -0.448 e. The summed E-state index contributed by atoms with van der Waals surface area (Å²) in [4.78, 5) is 44.1. The lowest BCUT2D eigenvalue weighted by Crippen LogP contribution is -2.52. The van der Waals surface area contributed by atoms with Gasteiger partial charge in [-0.2, -0.15) is 0 Å². The van der Waals surface area contributed by atoms with Crippen LogP contribution in [-0.4, -0.2) is 61.1 Å². The van der Waals surface area contributed by atoms with Crippen molar-refractivity contribution in [3.05, 3.63) is 167 Å². The van der Waals surface area contributed by atoms with Crippen LogP contribution >= 0.6 is 0 Å². The first-order valence-corrected chi connectivity index (χ1v) is 16.9. The van der Waals surface area contributed by atoms with Crippen LogP contribution in [0.25, 0.3) is 11.1 Å². The first-order valence-electron chi connectivity index (χ1n) is 16.9. The minimum absolute atomic E-state index is 0.107. The zero-order chi connectivity index (χ0) is 35.3. The van der Waals surface area contributed by atoms with Gasteiger partial charge in [0.25, 0.3) is 0 Å². The molecule has 0 unspecified atom stereocenters. The number of hydrogen-bond donors (Lipinski definition) is 0. The summed E-state index contributed by atoms with van der Waals surface area (Å²) in [6.45, 7) is 3.55. The monoisotopic (exact) mass is 666 g/mol. The van der Waals surface area contributed by atoms with E-state index in [1.54, 1.807) is 14.1 Å². The number of carbonyl (C=O) groups is 3. The highest BCUT2D eigenvalue weighted by atomic mass is 16.6. The Balaban J connectivity index is 1.19. The molecule has 5 aromatic carbocycles. The van der Waals surface area contributed by atoms with Gasteiger partial charge in [0.2, 0.25) is 5.91 Å². The topological polar surface area (TPSA) is 76.2 Å². The van der Waals surface area contributed by atoms with Gasteiger partial charge in [-0.3, -0.25) is 14.5 Å². The zero-order valence-electron chi connectivity index (χ0n) is 28.9. The fraction of sp³-hybridized carbons (Fsp3) is 0.233. The second-order valence-corrected chi connectivity index (χ2v) is 13.1. The molecule has 1 aliphatic carbocycles. The van der Waals surface area contributed by atoms with E-state index in [9.17, 15) is 14.4 Å². The Morgan fingerprint density at radius 2 is 1.06 bits per heavy atom. The molecule has 2 amide bonds. The van der Waals surface area contributed by atoms with E-state index in [1.807, 2.05) is 129 Å². The number of likely N-dealkylation sites (N-methyl/N-ethyl adjacent to an activating group) is 2. The average molecular weight is 667 g/mol. The number of nitrogens with zero attached hydrogens (tertiary/aromatic N) is 2. The van der Waals surface area contributed by atoms with Gasteiger partial charge in [0.15, 0.2) is 5.60 Å². The lowest BCUT2D eigenvalue weighted by molar-refractivity contribution is -0.158. The molecule has 6 rings (SSSR count). The molecule has 5 aromatic rings. The molecule has 254 valence electrons. The fourth-order valence-corrected chi connectivity index (χ4v) is 7.10. The van der Waals surface area contributed by atoms with Crippen LogP contribution in [0.3, 0.4) is 0 Å². The van der Waals surface area contributed by atoms with Crippen LogP contribution in [0.15, 0.2) is 140 Å². The average Bonchev–Trinajstić information content (AvgIpc) is 3.47. The van der Waals surface area contributed by atoms with E-state index in [0.717, 1.165) is 38.9 Å². The third-order valence-corrected chi connectivity index (χ3v) is 9.48. The van der Waals surface area contributed by atoms with Crippen LogP contribution < -0.4 is 0 Å². The van der Waals surface area contributed by atoms with Crippen LogP contribution in [0.5, 0.6) is 0 Å². The summed E-state index contributed by atoms with van der Waals surface area (Å²) in [5.74, 6) is -1.35. The van der Waals surface area contributed by atoms with E-state index >= 15 is 0 Å². The number of ether oxygens (including phenoxy) is 2. The van der Waals surface area contributed by atoms with E-state index in [0.29, 0.717) is 0 Å². The Bertz CT molecular complexity index is 1800. The van der Waals surface area contributed by atoms with Crippen LogP contribution in [0.4, 0.5) is 4.79 Å². The maximum atomic E-state index is 14.0. The van der Waals surface area contributed by atoms with E-state index in [1.165, 1.54) is 9.80 Å². The molecule has 1 atom stereocenters. The fourth-order valence-electron chi connectivity index (χ4n) is 7.10. The van der Waals surface area contributed by atoms with Crippen LogP contribution in [0.1, 0.15) is 47.6 Å². The highest BCUT2D eigenvalue weighted by Gasteiger charge is 2.41. The molecule has 7 heteroatoms. The summed E-state index contributed by atoms with van der Waals surface area (Å²) >= 11 is 0. The number of esters is 1. The number of benzene rings is 5. The van der Waals surface area contributed by atoms with Crippen LogP contribution in [0, 0.1) is 5.92 Å². The smallest absolute Gasteiger partial charge is 0.410 e. The summed E-state index contributed by atoms with van der Waals surface area (Å²) in [7, 11) is 3.12. The van der Waals surface area contributed by atoms with Gasteiger partial charge in [0.1, 0.15) is 19.2 Å². The molecule has 0 heterocycles. The highest BCUT2D eigenvalue weighted by molar-refractivity contribution is 5.88. The van der Waals surface area contributed by atoms with E-state index in [-0.39, 0.29) is 25.0 Å². The SMILES string of the molecule is CC(C)[C@@H](C(=O)N(C)CC(=O)OC(c1ccccc1)(c1ccccc1)c1ccccc1)N(C)C(=O)OCC1c2ccccc2-c2ccccc21. The van der Waals surface area contributed by atoms with Crippen molar-refractivity contribution in [2.45, 2.75) is 31.4 Å². The molecule has 0 aliphatic heterocycles. The number of amides is 2. The standard InChI is InChI=1S/C43H42N2O5/c1-30(2)40(45(4)42(48)49-29-38-36-26-16-14-24-34(36)35-25-15-17-27-37(35)38)41(47)44(3)28-39(46)50-43(31-18-8-5-9-19-31,32-20-10-6-11-21-32)33-22-12-7-13-23-33/h5-27,30,38,40H,28-29H2,1-4H3/t40-/m0/s1. The van der Waals surface area contributed by atoms with Crippen molar-refractivity contribution < 1.29 is 23.9 Å². The maximum Gasteiger partial charge on any atom is 0.410 e. The minimum atomic E-state index is -1.26. The second-order valence-electron chi connectivity index (χ2n) is 13.1. The molecule has 0 saturated heterocycles. The molecular weight excluding hydrogens is 624 g/mol. The molecule has 0 fully saturated rings. The number of hydrogen-bond acceptors (Lipinski definition) is 5. The Morgan fingerprint density at radius 3 is 1.50 bits per heavy atom. The van der Waals surface area contributed by atoms with E-state index in [2.05, 4.69) is 24.3 Å². The van der Waals surface area contributed by atoms with Gasteiger partial charge in [-0.25, -0.2) is 4.79 Å². The molecular formula is C43H42N2O5. The van der Waals surface area contributed by atoms with Crippen LogP contribution in [-0.2, 0) is 24.7 Å². The molecule has 0 spiro atoms. The van der Waals surface area contributed by atoms with E-state index in [4.69, 9.17) is 9.47 Å². The van der Waals surface area contributed by atoms with Crippen molar-refractivity contribution in [3.8, 4) is 11.1 Å². The predicted octanol–water partition coefficient (Wildman–Crippen LogP) is 7.89. The first kappa shape index (κ1) is 34.2.